The first kappa shape index (κ1) is 38.4. The van der Waals surface area contributed by atoms with Gasteiger partial charge in [0.15, 0.2) is 0 Å². The van der Waals surface area contributed by atoms with Gasteiger partial charge in [-0.05, 0) is 61.0 Å². The Hall–Kier alpha value is -5.86. The molecule has 1 heterocycles. The van der Waals surface area contributed by atoms with E-state index < -0.39 is 30.8 Å². The molecule has 0 fully saturated rings. The molecule has 5 rings (SSSR count). The number of aliphatic carboxylic acids is 2. The van der Waals surface area contributed by atoms with Crippen LogP contribution >= 0.6 is 0 Å². The Bertz CT molecular complexity index is 2100. The molecule has 0 aromatic heterocycles. The van der Waals surface area contributed by atoms with Crippen molar-refractivity contribution in [2.24, 2.45) is 4.99 Å². The van der Waals surface area contributed by atoms with E-state index in [-0.39, 0.29) is 51.0 Å². The van der Waals surface area contributed by atoms with Crippen LogP contribution in [0.25, 0.3) is 33.4 Å². The number of carbonyl (C=O) groups is 2. The Morgan fingerprint density at radius 1 is 0.792 bits per heavy atom. The standard InChI is InChI=1S/C39H43FN4O9/c1-4-41-27-7-9-29-33(21-27)53-34-22-28(42(2)3)8-10-30(34)39(29)25-5-11-31(43(13-15-45)23-37(47)48)35(19-25)51-17-18-52-36-20-26(40)6-12-32(36)44(14-16-46)24-38(49)50/h5-12,19-22,45-46H,4,13-18,23-24H2,1-3H3,(H,47,48)(H,49,50). The van der Waals surface area contributed by atoms with Gasteiger partial charge in [-0.15, -0.1) is 0 Å². The minimum absolute atomic E-state index is 0.0164. The van der Waals surface area contributed by atoms with Crippen LogP contribution in [0.4, 0.5) is 21.5 Å². The number of halogens is 1. The normalized spacial score (nSPS) is 11.5. The number of ether oxygens (including phenoxy) is 2. The fraction of sp³-hybridized carbons (Fsp3) is 0.308. The highest BCUT2D eigenvalue weighted by Crippen LogP contribution is 2.43. The molecule has 1 aliphatic carbocycles. The highest BCUT2D eigenvalue weighted by molar-refractivity contribution is 6.03. The van der Waals surface area contributed by atoms with Crippen LogP contribution in [0.1, 0.15) is 6.92 Å². The summed E-state index contributed by atoms with van der Waals surface area (Å²) in [7, 11) is 3.89. The molecule has 1 aliphatic heterocycles. The first-order chi connectivity index (χ1) is 25.5. The average molecular weight is 731 g/mol. The maximum absolute atomic E-state index is 14.3. The van der Waals surface area contributed by atoms with Gasteiger partial charge in [-0.25, -0.2) is 4.39 Å². The topological polar surface area (TPSA) is 169 Å². The number of hydrogen-bond donors (Lipinski definition) is 4. The summed E-state index contributed by atoms with van der Waals surface area (Å²) in [6.07, 6.45) is 0. The molecule has 3 aromatic rings. The molecular formula is C39H43FN4O9. The van der Waals surface area contributed by atoms with Crippen molar-refractivity contribution in [1.29, 1.82) is 0 Å². The van der Waals surface area contributed by atoms with Gasteiger partial charge in [0, 0.05) is 74.1 Å². The van der Waals surface area contributed by atoms with Crippen molar-refractivity contribution in [2.45, 2.75) is 6.92 Å². The van der Waals surface area contributed by atoms with Crippen molar-refractivity contribution >= 4 is 40.0 Å². The van der Waals surface area contributed by atoms with Gasteiger partial charge in [0.1, 0.15) is 55.0 Å². The molecule has 0 unspecified atom stereocenters. The molecule has 4 N–H and O–H groups in total. The molecule has 53 heavy (non-hydrogen) atoms. The van der Waals surface area contributed by atoms with Crippen LogP contribution in [0.2, 0.25) is 0 Å². The molecule has 3 aromatic carbocycles. The zero-order chi connectivity index (χ0) is 38.1. The van der Waals surface area contributed by atoms with Crippen LogP contribution in [0.15, 0.2) is 82.2 Å². The van der Waals surface area contributed by atoms with Gasteiger partial charge in [0.2, 0.25) is 0 Å². The quantitative estimate of drug-likeness (QED) is 0.0734. The Labute approximate surface area is 305 Å². The average Bonchev–Trinajstić information content (AvgIpc) is 3.11. The van der Waals surface area contributed by atoms with Gasteiger partial charge in [-0.2, -0.15) is 0 Å². The Balaban J connectivity index is 1.57. The van der Waals surface area contributed by atoms with E-state index in [0.717, 1.165) is 39.2 Å². The van der Waals surface area contributed by atoms with E-state index >= 15 is 0 Å². The summed E-state index contributed by atoms with van der Waals surface area (Å²) >= 11 is 0. The summed E-state index contributed by atoms with van der Waals surface area (Å²) in [5, 5.41) is 40.0. The summed E-state index contributed by atoms with van der Waals surface area (Å²) in [5.41, 5.74) is 4.69. The molecule has 0 atom stereocenters. The monoisotopic (exact) mass is 730 g/mol. The smallest absolute Gasteiger partial charge is 0.323 e. The summed E-state index contributed by atoms with van der Waals surface area (Å²) in [5.74, 6) is -1.86. The second-order valence-electron chi connectivity index (χ2n) is 12.3. The summed E-state index contributed by atoms with van der Waals surface area (Å²) in [4.78, 5) is 32.7. The van der Waals surface area contributed by atoms with Gasteiger partial charge in [-0.3, -0.25) is 14.6 Å². The highest BCUT2D eigenvalue weighted by Gasteiger charge is 2.22. The van der Waals surface area contributed by atoms with Crippen LogP contribution in [0.5, 0.6) is 11.5 Å². The summed E-state index contributed by atoms with van der Waals surface area (Å²) in [6.45, 7) is 0.878. The molecule has 0 spiro atoms. The van der Waals surface area contributed by atoms with Crippen LogP contribution in [-0.4, -0.2) is 106 Å². The number of carboxylic acids is 2. The SMILES string of the molecule is CCN=c1ccc2c(-c3ccc(N(CCO)CC(=O)O)c(OCCOc4cc(F)ccc4N(CCO)CC(=O)O)c3)c3ccc(N(C)C)cc3oc-2c1. The summed E-state index contributed by atoms with van der Waals surface area (Å²) in [6, 6.07) is 20.8. The number of nitrogens with zero attached hydrogens (tertiary/aromatic N) is 4. The van der Waals surface area contributed by atoms with Crippen molar-refractivity contribution in [3.8, 4) is 33.9 Å². The lowest BCUT2D eigenvalue weighted by molar-refractivity contribution is -0.136. The van der Waals surface area contributed by atoms with E-state index in [0.29, 0.717) is 29.3 Å². The number of hydrogen-bond acceptors (Lipinski definition) is 11. The van der Waals surface area contributed by atoms with Crippen LogP contribution in [-0.2, 0) is 9.59 Å². The van der Waals surface area contributed by atoms with Gasteiger partial charge in [0.05, 0.1) is 29.9 Å². The molecule has 280 valence electrons. The van der Waals surface area contributed by atoms with Crippen LogP contribution in [0, 0.1) is 5.82 Å². The lowest BCUT2D eigenvalue weighted by Gasteiger charge is -2.26. The predicted molar refractivity (Wildman–Crippen MR) is 200 cm³/mol. The Kier molecular flexibility index (Phi) is 12.7. The third-order valence-electron chi connectivity index (χ3n) is 8.39. The number of rotatable bonds is 18. The van der Waals surface area contributed by atoms with Crippen molar-refractivity contribution in [2.75, 3.05) is 87.9 Å². The largest absolute Gasteiger partial charge is 0.488 e. The zero-order valence-electron chi connectivity index (χ0n) is 29.8. The van der Waals surface area contributed by atoms with Crippen LogP contribution in [0.3, 0.4) is 0 Å². The Morgan fingerprint density at radius 2 is 1.42 bits per heavy atom. The van der Waals surface area contributed by atoms with Crippen molar-refractivity contribution in [3.63, 3.8) is 0 Å². The molecule has 13 nitrogen and oxygen atoms in total. The van der Waals surface area contributed by atoms with Gasteiger partial charge in [0.25, 0.3) is 0 Å². The number of anilines is 3. The highest BCUT2D eigenvalue weighted by atomic mass is 19.1. The molecule has 0 saturated carbocycles. The first-order valence-corrected chi connectivity index (χ1v) is 17.1. The second-order valence-corrected chi connectivity index (χ2v) is 12.3. The molecule has 0 radical (unpaired) electrons. The molecule has 14 heteroatoms. The van der Waals surface area contributed by atoms with Crippen LogP contribution < -0.4 is 29.5 Å². The molecule has 0 saturated heterocycles. The third kappa shape index (κ3) is 9.33. The van der Waals surface area contributed by atoms with Crippen molar-refractivity contribution in [1.82, 2.24) is 0 Å². The predicted octanol–water partition coefficient (Wildman–Crippen LogP) is 4.55. The van der Waals surface area contributed by atoms with E-state index in [1.807, 2.05) is 68.4 Å². The minimum Gasteiger partial charge on any atom is -0.488 e. The van der Waals surface area contributed by atoms with Gasteiger partial charge < -0.3 is 49.0 Å². The van der Waals surface area contributed by atoms with E-state index in [9.17, 15) is 34.4 Å². The first-order valence-electron chi connectivity index (χ1n) is 17.1. The van der Waals surface area contributed by atoms with Gasteiger partial charge >= 0.3 is 11.9 Å². The van der Waals surface area contributed by atoms with Gasteiger partial charge in [-0.1, -0.05) is 6.07 Å². The van der Waals surface area contributed by atoms with Crippen molar-refractivity contribution in [3.05, 3.63) is 84.0 Å². The van der Waals surface area contributed by atoms with E-state index in [2.05, 4.69) is 4.99 Å². The molecular weight excluding hydrogens is 687 g/mol. The second kappa shape index (κ2) is 17.6. The lowest BCUT2D eigenvalue weighted by atomic mass is 9.93. The molecule has 0 bridgehead atoms. The van der Waals surface area contributed by atoms with E-state index in [4.69, 9.17) is 13.9 Å². The maximum Gasteiger partial charge on any atom is 0.323 e. The maximum atomic E-state index is 14.3. The third-order valence-corrected chi connectivity index (χ3v) is 8.39. The zero-order valence-corrected chi connectivity index (χ0v) is 29.8. The van der Waals surface area contributed by atoms with Crippen molar-refractivity contribution < 1.29 is 48.3 Å². The van der Waals surface area contributed by atoms with E-state index in [1.165, 1.54) is 21.9 Å². The molecule has 2 aliphatic rings. The fourth-order valence-electron chi connectivity index (χ4n) is 6.09. The summed E-state index contributed by atoms with van der Waals surface area (Å²) < 4.78 is 32.9. The number of aliphatic hydroxyl groups is 2. The fourth-order valence-corrected chi connectivity index (χ4v) is 6.09. The number of carboxylic acid groups (broad SMARTS) is 2. The van der Waals surface area contributed by atoms with E-state index in [1.54, 1.807) is 12.1 Å². The number of benzene rings is 4. The lowest BCUT2D eigenvalue weighted by Crippen LogP contribution is -2.33. The number of fused-ring (bicyclic) bond motifs is 2. The molecule has 0 amide bonds. The Morgan fingerprint density at radius 3 is 2.00 bits per heavy atom. The number of aliphatic hydroxyl groups excluding tert-OH is 2. The minimum atomic E-state index is -1.14.